The van der Waals surface area contributed by atoms with Crippen LogP contribution in [0, 0.1) is 12.7 Å². The lowest BCUT2D eigenvalue weighted by atomic mass is 9.98. The fraction of sp³-hybridized carbons (Fsp3) is 0.286. The number of hydrogen-bond donors (Lipinski definition) is 1. The first kappa shape index (κ1) is 18.3. The van der Waals surface area contributed by atoms with Gasteiger partial charge < -0.3 is 14.6 Å². The molecule has 0 aliphatic carbocycles. The Morgan fingerprint density at radius 1 is 1.18 bits per heavy atom. The number of benzene rings is 2. The lowest BCUT2D eigenvalue weighted by molar-refractivity contribution is 0.0672. The number of rotatable bonds is 5. The second kappa shape index (κ2) is 7.90. The number of aromatic nitrogens is 2. The van der Waals surface area contributed by atoms with Gasteiger partial charge in [0.05, 0.1) is 12.1 Å². The molecule has 2 atom stereocenters. The number of hydrogen-bond acceptors (Lipinski definition) is 5. The first-order valence-electron chi connectivity index (χ1n) is 9.19. The van der Waals surface area contributed by atoms with Crippen molar-refractivity contribution >= 4 is 5.91 Å². The van der Waals surface area contributed by atoms with E-state index in [-0.39, 0.29) is 23.9 Å². The number of carbonyl (C=O) groups excluding carboxylic acids is 1. The Hall–Kier alpha value is -3.06. The lowest BCUT2D eigenvalue weighted by Crippen LogP contribution is -2.36. The van der Waals surface area contributed by atoms with Crippen molar-refractivity contribution in [2.24, 2.45) is 0 Å². The highest BCUT2D eigenvalue weighted by atomic mass is 19.1. The van der Waals surface area contributed by atoms with E-state index in [1.165, 1.54) is 12.1 Å². The number of aryl methyl sites for hydroxylation is 1. The van der Waals surface area contributed by atoms with E-state index in [4.69, 9.17) is 9.26 Å². The summed E-state index contributed by atoms with van der Waals surface area (Å²) in [5.74, 6) is 0.426. The van der Waals surface area contributed by atoms with E-state index < -0.39 is 0 Å². The van der Waals surface area contributed by atoms with E-state index in [0.29, 0.717) is 23.9 Å². The highest BCUT2D eigenvalue weighted by Gasteiger charge is 2.29. The second-order valence-corrected chi connectivity index (χ2v) is 6.78. The second-order valence-electron chi connectivity index (χ2n) is 6.78. The first-order chi connectivity index (χ1) is 13.6. The van der Waals surface area contributed by atoms with Crippen LogP contribution in [0.15, 0.2) is 53.1 Å². The van der Waals surface area contributed by atoms with Crippen LogP contribution >= 0.6 is 0 Å². The fourth-order valence-electron chi connectivity index (χ4n) is 3.33. The van der Waals surface area contributed by atoms with Gasteiger partial charge in [-0.3, -0.25) is 4.79 Å². The molecule has 1 N–H and O–H groups in total. The minimum atomic E-state index is -0.339. The van der Waals surface area contributed by atoms with Crippen molar-refractivity contribution in [1.82, 2.24) is 15.5 Å². The smallest absolute Gasteiger partial charge is 0.257 e. The number of nitrogens with one attached hydrogen (secondary N) is 1. The van der Waals surface area contributed by atoms with Crippen molar-refractivity contribution in [3.63, 3.8) is 0 Å². The molecule has 0 saturated carbocycles. The molecular formula is C21H20FN3O3. The van der Waals surface area contributed by atoms with E-state index in [1.807, 2.05) is 0 Å². The van der Waals surface area contributed by atoms with Gasteiger partial charge in [-0.2, -0.15) is 4.98 Å². The van der Waals surface area contributed by atoms with Crippen molar-refractivity contribution in [3.05, 3.63) is 71.3 Å². The SMILES string of the molecule is Cc1noc(-c2ccc(C(=O)NC(c3ccc(F)cc3)C3CCCO3)cc2)n1. The molecule has 28 heavy (non-hydrogen) atoms. The van der Waals surface area contributed by atoms with E-state index in [1.54, 1.807) is 43.3 Å². The van der Waals surface area contributed by atoms with E-state index in [0.717, 1.165) is 24.0 Å². The predicted molar refractivity (Wildman–Crippen MR) is 100 cm³/mol. The van der Waals surface area contributed by atoms with Gasteiger partial charge in [0.15, 0.2) is 5.82 Å². The third kappa shape index (κ3) is 3.94. The number of nitrogens with zero attached hydrogens (tertiary/aromatic N) is 2. The molecule has 2 aromatic carbocycles. The zero-order chi connectivity index (χ0) is 19.5. The molecule has 1 saturated heterocycles. The molecule has 2 heterocycles. The Morgan fingerprint density at radius 2 is 1.93 bits per heavy atom. The van der Waals surface area contributed by atoms with Crippen molar-refractivity contribution in [2.45, 2.75) is 31.9 Å². The van der Waals surface area contributed by atoms with E-state index in [2.05, 4.69) is 15.5 Å². The van der Waals surface area contributed by atoms with Crippen LogP contribution < -0.4 is 5.32 Å². The van der Waals surface area contributed by atoms with Gasteiger partial charge in [-0.25, -0.2) is 4.39 Å². The highest BCUT2D eigenvalue weighted by molar-refractivity contribution is 5.94. The Labute approximate surface area is 161 Å². The maximum Gasteiger partial charge on any atom is 0.257 e. The summed E-state index contributed by atoms with van der Waals surface area (Å²) in [6.07, 6.45) is 1.66. The zero-order valence-electron chi connectivity index (χ0n) is 15.4. The van der Waals surface area contributed by atoms with Crippen LogP contribution in [0.5, 0.6) is 0 Å². The Kier molecular flexibility index (Phi) is 5.16. The van der Waals surface area contributed by atoms with Crippen LogP contribution in [0.25, 0.3) is 11.5 Å². The summed E-state index contributed by atoms with van der Waals surface area (Å²) in [5.41, 5.74) is 2.07. The van der Waals surface area contributed by atoms with Crippen molar-refractivity contribution < 1.29 is 18.4 Å². The largest absolute Gasteiger partial charge is 0.376 e. The number of carbonyl (C=O) groups is 1. The van der Waals surface area contributed by atoms with Crippen molar-refractivity contribution in [2.75, 3.05) is 6.61 Å². The quantitative estimate of drug-likeness (QED) is 0.727. The van der Waals surface area contributed by atoms with Gasteiger partial charge in [0.2, 0.25) is 0 Å². The van der Waals surface area contributed by atoms with Gasteiger partial charge in [0, 0.05) is 17.7 Å². The lowest BCUT2D eigenvalue weighted by Gasteiger charge is -2.25. The summed E-state index contributed by atoms with van der Waals surface area (Å²) in [4.78, 5) is 17.0. The van der Waals surface area contributed by atoms with Crippen LogP contribution in [0.2, 0.25) is 0 Å². The third-order valence-corrected chi connectivity index (χ3v) is 4.77. The Balaban J connectivity index is 1.53. The normalized spacial score (nSPS) is 17.4. The van der Waals surface area contributed by atoms with Crippen LogP contribution in [0.4, 0.5) is 4.39 Å². The molecular weight excluding hydrogens is 361 g/mol. The Bertz CT molecular complexity index is 948. The molecule has 1 fully saturated rings. The zero-order valence-corrected chi connectivity index (χ0v) is 15.4. The molecule has 0 bridgehead atoms. The Morgan fingerprint density at radius 3 is 2.54 bits per heavy atom. The maximum absolute atomic E-state index is 13.3. The molecule has 3 aromatic rings. The van der Waals surface area contributed by atoms with E-state index >= 15 is 0 Å². The van der Waals surface area contributed by atoms with Crippen LogP contribution in [-0.4, -0.2) is 28.8 Å². The van der Waals surface area contributed by atoms with Gasteiger partial charge in [0.25, 0.3) is 11.8 Å². The summed E-state index contributed by atoms with van der Waals surface area (Å²) < 4.78 is 24.2. The van der Waals surface area contributed by atoms with Gasteiger partial charge in [-0.05, 0) is 61.7 Å². The van der Waals surface area contributed by atoms with E-state index in [9.17, 15) is 9.18 Å². The molecule has 1 aromatic heterocycles. The average molecular weight is 381 g/mol. The summed E-state index contributed by atoms with van der Waals surface area (Å²) >= 11 is 0. The standard InChI is InChI=1S/C21H20FN3O3/c1-13-23-21(28-25-13)16-6-4-15(5-7-16)20(26)24-19(18-3-2-12-27-18)14-8-10-17(22)11-9-14/h4-11,18-19H,2-3,12H2,1H3,(H,24,26). The molecule has 0 spiro atoms. The van der Waals surface area contributed by atoms with Gasteiger partial charge in [0.1, 0.15) is 5.82 Å². The minimum absolute atomic E-state index is 0.130. The first-order valence-corrected chi connectivity index (χ1v) is 9.19. The average Bonchev–Trinajstić information content (AvgIpc) is 3.39. The summed E-state index contributed by atoms with van der Waals surface area (Å²) in [5, 5.41) is 6.80. The van der Waals surface area contributed by atoms with Crippen LogP contribution in [0.1, 0.15) is 40.6 Å². The number of ether oxygens (including phenoxy) is 1. The molecule has 1 aliphatic heterocycles. The molecule has 7 heteroatoms. The molecule has 4 rings (SSSR count). The van der Waals surface area contributed by atoms with Gasteiger partial charge >= 0.3 is 0 Å². The highest BCUT2D eigenvalue weighted by Crippen LogP contribution is 2.28. The molecule has 1 aliphatic rings. The fourth-order valence-corrected chi connectivity index (χ4v) is 3.33. The number of amides is 1. The minimum Gasteiger partial charge on any atom is -0.376 e. The summed E-state index contributed by atoms with van der Waals surface area (Å²) in [6, 6.07) is 12.8. The molecule has 144 valence electrons. The monoisotopic (exact) mass is 381 g/mol. The molecule has 2 unspecified atom stereocenters. The predicted octanol–water partition coefficient (Wildman–Crippen LogP) is 3.83. The van der Waals surface area contributed by atoms with Gasteiger partial charge in [-0.1, -0.05) is 17.3 Å². The van der Waals surface area contributed by atoms with Crippen LogP contribution in [0.3, 0.4) is 0 Å². The molecule has 6 nitrogen and oxygen atoms in total. The topological polar surface area (TPSA) is 77.2 Å². The third-order valence-electron chi connectivity index (χ3n) is 4.77. The number of halogens is 1. The van der Waals surface area contributed by atoms with Crippen molar-refractivity contribution in [1.29, 1.82) is 0 Å². The van der Waals surface area contributed by atoms with Gasteiger partial charge in [-0.15, -0.1) is 0 Å². The maximum atomic E-state index is 13.3. The molecule has 1 amide bonds. The van der Waals surface area contributed by atoms with Crippen molar-refractivity contribution in [3.8, 4) is 11.5 Å². The summed E-state index contributed by atoms with van der Waals surface area (Å²) in [6.45, 7) is 2.41. The summed E-state index contributed by atoms with van der Waals surface area (Å²) in [7, 11) is 0. The van der Waals surface area contributed by atoms with Crippen LogP contribution in [-0.2, 0) is 4.74 Å². The molecule has 0 radical (unpaired) electrons.